The van der Waals surface area contributed by atoms with Crippen LogP contribution in [0.5, 0.6) is 0 Å². The highest BCUT2D eigenvalue weighted by Gasteiger charge is 1.99. The summed E-state index contributed by atoms with van der Waals surface area (Å²) in [5.41, 5.74) is 1.32. The van der Waals surface area contributed by atoms with Gasteiger partial charge in [-0.1, -0.05) is 23.7 Å². The normalized spacial score (nSPS) is 12.9. The fourth-order valence-electron chi connectivity index (χ4n) is 1.08. The maximum Gasteiger partial charge on any atom is 0.0406 e. The van der Waals surface area contributed by atoms with Gasteiger partial charge in [0.25, 0.3) is 0 Å². The fraction of sp³-hybridized carbons (Fsp3) is 0.400. The standard InChI is InChI=1S/C10H14ClN/c1-8(12-2)7-9-3-5-10(11)6-4-9/h3-6,8,12H,7H2,1-2H3/t8-/m0/s1. The maximum atomic E-state index is 5.77. The minimum atomic E-state index is 0.520. The fourth-order valence-corrected chi connectivity index (χ4v) is 1.20. The highest BCUT2D eigenvalue weighted by atomic mass is 35.5. The summed E-state index contributed by atoms with van der Waals surface area (Å²) in [6.07, 6.45) is 1.05. The Labute approximate surface area is 78.7 Å². The first kappa shape index (κ1) is 9.56. The van der Waals surface area contributed by atoms with Gasteiger partial charge in [-0.25, -0.2) is 0 Å². The molecule has 0 amide bonds. The number of hydrogen-bond donors (Lipinski definition) is 1. The van der Waals surface area contributed by atoms with Gasteiger partial charge in [0.15, 0.2) is 0 Å². The molecule has 0 aliphatic heterocycles. The van der Waals surface area contributed by atoms with Gasteiger partial charge in [0.2, 0.25) is 0 Å². The lowest BCUT2D eigenvalue weighted by Crippen LogP contribution is -2.23. The Morgan fingerprint density at radius 2 is 1.92 bits per heavy atom. The number of nitrogens with one attached hydrogen (secondary N) is 1. The highest BCUT2D eigenvalue weighted by molar-refractivity contribution is 6.30. The molecule has 1 rings (SSSR count). The lowest BCUT2D eigenvalue weighted by atomic mass is 10.1. The summed E-state index contributed by atoms with van der Waals surface area (Å²) < 4.78 is 0. The van der Waals surface area contributed by atoms with Crippen LogP contribution >= 0.6 is 11.6 Å². The van der Waals surface area contributed by atoms with Crippen molar-refractivity contribution in [3.05, 3.63) is 34.9 Å². The van der Waals surface area contributed by atoms with Crippen molar-refractivity contribution in [1.29, 1.82) is 0 Å². The van der Waals surface area contributed by atoms with Gasteiger partial charge >= 0.3 is 0 Å². The van der Waals surface area contributed by atoms with Crippen molar-refractivity contribution in [3.63, 3.8) is 0 Å². The van der Waals surface area contributed by atoms with Crippen LogP contribution in [-0.2, 0) is 6.42 Å². The van der Waals surface area contributed by atoms with E-state index >= 15 is 0 Å². The lowest BCUT2D eigenvalue weighted by Gasteiger charge is -2.09. The van der Waals surface area contributed by atoms with Crippen molar-refractivity contribution in [2.75, 3.05) is 7.05 Å². The van der Waals surface area contributed by atoms with Gasteiger partial charge in [-0.15, -0.1) is 0 Å². The molecule has 0 saturated carbocycles. The summed E-state index contributed by atoms with van der Waals surface area (Å²) in [6, 6.07) is 8.51. The van der Waals surface area contributed by atoms with E-state index in [0.29, 0.717) is 6.04 Å². The molecule has 1 nitrogen and oxygen atoms in total. The first-order valence-electron chi connectivity index (χ1n) is 4.14. The van der Waals surface area contributed by atoms with E-state index in [1.165, 1.54) is 5.56 Å². The predicted octanol–water partition coefficient (Wildman–Crippen LogP) is 2.49. The number of rotatable bonds is 3. The molecule has 0 fully saturated rings. The monoisotopic (exact) mass is 183 g/mol. The van der Waals surface area contributed by atoms with E-state index < -0.39 is 0 Å². The molecule has 1 atom stereocenters. The van der Waals surface area contributed by atoms with E-state index in [1.54, 1.807) is 0 Å². The molecule has 0 bridgehead atoms. The second-order valence-electron chi connectivity index (χ2n) is 3.02. The number of likely N-dealkylation sites (N-methyl/N-ethyl adjacent to an activating group) is 1. The van der Waals surface area contributed by atoms with Crippen molar-refractivity contribution in [3.8, 4) is 0 Å². The molecule has 1 N–H and O–H groups in total. The minimum Gasteiger partial charge on any atom is -0.317 e. The Balaban J connectivity index is 2.58. The largest absolute Gasteiger partial charge is 0.317 e. The number of halogens is 1. The topological polar surface area (TPSA) is 12.0 Å². The van der Waals surface area contributed by atoms with Crippen molar-refractivity contribution in [2.24, 2.45) is 0 Å². The second-order valence-corrected chi connectivity index (χ2v) is 3.46. The predicted molar refractivity (Wildman–Crippen MR) is 53.7 cm³/mol. The third-order valence-electron chi connectivity index (χ3n) is 1.95. The van der Waals surface area contributed by atoms with Gasteiger partial charge < -0.3 is 5.32 Å². The van der Waals surface area contributed by atoms with E-state index in [-0.39, 0.29) is 0 Å². The zero-order chi connectivity index (χ0) is 8.97. The molecule has 0 aliphatic rings. The molecule has 0 unspecified atom stereocenters. The molecule has 12 heavy (non-hydrogen) atoms. The van der Waals surface area contributed by atoms with E-state index in [9.17, 15) is 0 Å². The van der Waals surface area contributed by atoms with E-state index in [2.05, 4.69) is 24.4 Å². The molecule has 0 radical (unpaired) electrons. The van der Waals surface area contributed by atoms with Crippen molar-refractivity contribution < 1.29 is 0 Å². The Morgan fingerprint density at radius 3 is 2.42 bits per heavy atom. The summed E-state index contributed by atoms with van der Waals surface area (Å²) in [5.74, 6) is 0. The van der Waals surface area contributed by atoms with Crippen molar-refractivity contribution >= 4 is 11.6 Å². The quantitative estimate of drug-likeness (QED) is 0.760. The maximum absolute atomic E-state index is 5.77. The van der Waals surface area contributed by atoms with Crippen LogP contribution in [0.4, 0.5) is 0 Å². The van der Waals surface area contributed by atoms with Gasteiger partial charge in [0.1, 0.15) is 0 Å². The van der Waals surface area contributed by atoms with Crippen LogP contribution in [0.3, 0.4) is 0 Å². The molecule has 2 heteroatoms. The molecule has 0 aromatic heterocycles. The summed E-state index contributed by atoms with van der Waals surface area (Å²) in [7, 11) is 1.97. The third kappa shape index (κ3) is 2.84. The van der Waals surface area contributed by atoms with Crippen LogP contribution in [0, 0.1) is 0 Å². The van der Waals surface area contributed by atoms with Gasteiger partial charge in [0.05, 0.1) is 0 Å². The molecule has 0 aliphatic carbocycles. The van der Waals surface area contributed by atoms with Crippen LogP contribution in [0.2, 0.25) is 5.02 Å². The number of benzene rings is 1. The van der Waals surface area contributed by atoms with E-state index in [1.807, 2.05) is 19.2 Å². The Kier molecular flexibility index (Phi) is 3.57. The summed E-state index contributed by atoms with van der Waals surface area (Å²) in [4.78, 5) is 0. The molecule has 1 aromatic rings. The SMILES string of the molecule is CN[C@@H](C)Cc1ccc(Cl)cc1. The smallest absolute Gasteiger partial charge is 0.0406 e. The minimum absolute atomic E-state index is 0.520. The van der Waals surface area contributed by atoms with Crippen LogP contribution in [-0.4, -0.2) is 13.1 Å². The number of hydrogen-bond acceptors (Lipinski definition) is 1. The average Bonchev–Trinajstić information content (AvgIpc) is 2.09. The van der Waals surface area contributed by atoms with E-state index in [4.69, 9.17) is 11.6 Å². The van der Waals surface area contributed by atoms with Crippen LogP contribution in [0.15, 0.2) is 24.3 Å². The Morgan fingerprint density at radius 1 is 1.33 bits per heavy atom. The average molecular weight is 184 g/mol. The van der Waals surface area contributed by atoms with Crippen molar-refractivity contribution in [1.82, 2.24) is 5.32 Å². The molecule has 0 heterocycles. The first-order chi connectivity index (χ1) is 5.72. The summed E-state index contributed by atoms with van der Waals surface area (Å²) in [5, 5.41) is 4.00. The van der Waals surface area contributed by atoms with E-state index in [0.717, 1.165) is 11.4 Å². The molecule has 66 valence electrons. The zero-order valence-corrected chi connectivity index (χ0v) is 8.23. The molecular weight excluding hydrogens is 170 g/mol. The first-order valence-corrected chi connectivity index (χ1v) is 4.52. The summed E-state index contributed by atoms with van der Waals surface area (Å²) >= 11 is 5.77. The van der Waals surface area contributed by atoms with Gasteiger partial charge in [-0.3, -0.25) is 0 Å². The Hall–Kier alpha value is -0.530. The second kappa shape index (κ2) is 4.48. The molecule has 0 spiro atoms. The van der Waals surface area contributed by atoms with Crippen LogP contribution < -0.4 is 5.32 Å². The highest BCUT2D eigenvalue weighted by Crippen LogP contribution is 2.10. The van der Waals surface area contributed by atoms with Gasteiger partial charge in [-0.2, -0.15) is 0 Å². The van der Waals surface area contributed by atoms with Crippen molar-refractivity contribution in [2.45, 2.75) is 19.4 Å². The van der Waals surface area contributed by atoms with Gasteiger partial charge in [0, 0.05) is 11.1 Å². The molecule has 1 aromatic carbocycles. The van der Waals surface area contributed by atoms with Crippen LogP contribution in [0.25, 0.3) is 0 Å². The zero-order valence-electron chi connectivity index (χ0n) is 7.47. The molecular formula is C10H14ClN. The summed E-state index contributed by atoms with van der Waals surface area (Å²) in [6.45, 7) is 2.16. The Bertz CT molecular complexity index is 230. The van der Waals surface area contributed by atoms with Crippen LogP contribution in [0.1, 0.15) is 12.5 Å². The lowest BCUT2D eigenvalue weighted by molar-refractivity contribution is 0.608. The van der Waals surface area contributed by atoms with Gasteiger partial charge in [-0.05, 0) is 38.1 Å². The third-order valence-corrected chi connectivity index (χ3v) is 2.20. The molecule has 0 saturated heterocycles.